The van der Waals surface area contributed by atoms with Gasteiger partial charge >= 0.3 is 0 Å². The molecular weight excluding hydrogens is 220 g/mol. The third kappa shape index (κ3) is 1.71. The zero-order valence-corrected chi connectivity index (χ0v) is 10.4. The van der Waals surface area contributed by atoms with Crippen molar-refractivity contribution in [3.05, 3.63) is 65.9 Å². The Labute approximate surface area is 107 Å². The zero-order valence-electron chi connectivity index (χ0n) is 10.4. The van der Waals surface area contributed by atoms with Gasteiger partial charge in [-0.3, -0.25) is 0 Å². The largest absolute Gasteiger partial charge is 0.326 e. The molecule has 0 atom stereocenters. The maximum atomic E-state index is 5.87. The highest BCUT2D eigenvalue weighted by Crippen LogP contribution is 2.27. The van der Waals surface area contributed by atoms with Gasteiger partial charge in [-0.1, -0.05) is 35.9 Å². The number of aryl methyl sites for hydroxylation is 1. The van der Waals surface area contributed by atoms with Crippen LogP contribution < -0.4 is 5.73 Å². The van der Waals surface area contributed by atoms with E-state index in [1.807, 2.05) is 6.07 Å². The van der Waals surface area contributed by atoms with Gasteiger partial charge in [0, 0.05) is 18.3 Å². The first kappa shape index (κ1) is 11.1. The molecule has 0 saturated carbocycles. The maximum Gasteiger partial charge on any atom is 0.0573 e. The Balaban J connectivity index is 2.29. The summed E-state index contributed by atoms with van der Waals surface area (Å²) in [6.45, 7) is 2.66. The molecule has 0 fully saturated rings. The first-order valence-electron chi connectivity index (χ1n) is 6.15. The molecule has 2 heteroatoms. The number of nitrogens with two attached hydrogens (primary N) is 1. The topological polar surface area (TPSA) is 30.4 Å². The van der Waals surface area contributed by atoms with Gasteiger partial charge in [-0.25, -0.2) is 0 Å². The van der Waals surface area contributed by atoms with Crippen molar-refractivity contribution in [2.45, 2.75) is 13.5 Å². The summed E-state index contributed by atoms with van der Waals surface area (Å²) in [5.41, 5.74) is 11.9. The van der Waals surface area contributed by atoms with Gasteiger partial charge in [-0.05, 0) is 36.2 Å². The second kappa shape index (κ2) is 4.31. The van der Waals surface area contributed by atoms with Crippen LogP contribution in [0.4, 0.5) is 0 Å². The average Bonchev–Trinajstić information content (AvgIpc) is 2.78. The van der Waals surface area contributed by atoms with Gasteiger partial charge in [-0.15, -0.1) is 0 Å². The molecule has 0 radical (unpaired) electrons. The Morgan fingerprint density at radius 1 is 1.06 bits per heavy atom. The normalized spacial score (nSPS) is 11.0. The molecule has 0 saturated heterocycles. The summed E-state index contributed by atoms with van der Waals surface area (Å²) in [5.74, 6) is 0. The quantitative estimate of drug-likeness (QED) is 0.726. The summed E-state index contributed by atoms with van der Waals surface area (Å²) in [6, 6.07) is 17.0. The van der Waals surface area contributed by atoms with Gasteiger partial charge in [0.15, 0.2) is 0 Å². The summed E-state index contributed by atoms with van der Waals surface area (Å²) in [4.78, 5) is 0. The lowest BCUT2D eigenvalue weighted by Crippen LogP contribution is -1.98. The van der Waals surface area contributed by atoms with Crippen LogP contribution in [0.25, 0.3) is 16.8 Å². The molecule has 0 bridgehead atoms. The summed E-state index contributed by atoms with van der Waals surface area (Å²) in [5, 5.41) is 0. The molecule has 2 aromatic heterocycles. The van der Waals surface area contributed by atoms with Crippen molar-refractivity contribution in [2.24, 2.45) is 5.73 Å². The molecule has 0 aliphatic rings. The minimum atomic E-state index is 0.560. The van der Waals surface area contributed by atoms with E-state index in [2.05, 4.69) is 60.0 Å². The summed E-state index contributed by atoms with van der Waals surface area (Å²) in [6.07, 6.45) is 2.09. The number of fused-ring (bicyclic) bond motifs is 1. The molecule has 3 rings (SSSR count). The smallest absolute Gasteiger partial charge is 0.0573 e. The van der Waals surface area contributed by atoms with E-state index in [1.54, 1.807) is 0 Å². The molecule has 18 heavy (non-hydrogen) atoms. The Morgan fingerprint density at radius 3 is 2.56 bits per heavy atom. The highest BCUT2D eigenvalue weighted by molar-refractivity contribution is 5.71. The highest BCUT2D eigenvalue weighted by atomic mass is 14.9. The first-order valence-corrected chi connectivity index (χ1v) is 6.15. The summed E-state index contributed by atoms with van der Waals surface area (Å²) >= 11 is 0. The van der Waals surface area contributed by atoms with Crippen molar-refractivity contribution >= 4 is 5.52 Å². The summed E-state index contributed by atoms with van der Waals surface area (Å²) in [7, 11) is 0. The molecule has 0 aliphatic carbocycles. The Morgan fingerprint density at radius 2 is 1.83 bits per heavy atom. The van der Waals surface area contributed by atoms with Crippen molar-refractivity contribution in [2.75, 3.05) is 0 Å². The van der Waals surface area contributed by atoms with Crippen molar-refractivity contribution in [1.29, 1.82) is 0 Å². The Kier molecular flexibility index (Phi) is 2.65. The lowest BCUT2D eigenvalue weighted by molar-refractivity contribution is 1.06. The predicted octanol–water partition coefficient (Wildman–Crippen LogP) is 3.37. The molecular formula is C16H16N2. The van der Waals surface area contributed by atoms with Gasteiger partial charge < -0.3 is 10.1 Å². The van der Waals surface area contributed by atoms with E-state index in [9.17, 15) is 0 Å². The number of hydrogen-bond acceptors (Lipinski definition) is 1. The van der Waals surface area contributed by atoms with E-state index in [1.165, 1.54) is 27.9 Å². The number of aromatic nitrogens is 1. The van der Waals surface area contributed by atoms with E-state index in [0.717, 1.165) is 0 Å². The van der Waals surface area contributed by atoms with Crippen LogP contribution in [0.1, 0.15) is 11.1 Å². The minimum absolute atomic E-state index is 0.560. The Hall–Kier alpha value is -2.06. The number of rotatable bonds is 2. The zero-order chi connectivity index (χ0) is 12.5. The third-order valence-corrected chi connectivity index (χ3v) is 3.30. The van der Waals surface area contributed by atoms with E-state index >= 15 is 0 Å². The minimum Gasteiger partial charge on any atom is -0.326 e. The van der Waals surface area contributed by atoms with Gasteiger partial charge in [0.1, 0.15) is 0 Å². The molecule has 0 amide bonds. The van der Waals surface area contributed by atoms with E-state index in [4.69, 9.17) is 5.73 Å². The standard InChI is InChI=1S/C16H16N2/c1-12-5-7-13(8-6-12)16-14(11-17)10-15-4-2-3-9-18(15)16/h2-10H,11,17H2,1H3. The van der Waals surface area contributed by atoms with Gasteiger partial charge in [0.25, 0.3) is 0 Å². The first-order chi connectivity index (χ1) is 8.79. The molecule has 2 N–H and O–H groups in total. The van der Waals surface area contributed by atoms with Gasteiger partial charge in [0.2, 0.25) is 0 Å². The van der Waals surface area contributed by atoms with Crippen LogP contribution >= 0.6 is 0 Å². The third-order valence-electron chi connectivity index (χ3n) is 3.30. The Bertz CT molecular complexity index is 678. The van der Waals surface area contributed by atoms with E-state index in [-0.39, 0.29) is 0 Å². The fraction of sp³-hybridized carbons (Fsp3) is 0.125. The second-order valence-electron chi connectivity index (χ2n) is 4.58. The fourth-order valence-corrected chi connectivity index (χ4v) is 2.37. The van der Waals surface area contributed by atoms with E-state index in [0.29, 0.717) is 6.54 Å². The van der Waals surface area contributed by atoms with Crippen LogP contribution in [0.2, 0.25) is 0 Å². The monoisotopic (exact) mass is 236 g/mol. The van der Waals surface area contributed by atoms with Crippen molar-refractivity contribution in [1.82, 2.24) is 4.40 Å². The molecule has 2 heterocycles. The number of benzene rings is 1. The van der Waals surface area contributed by atoms with E-state index < -0.39 is 0 Å². The lowest BCUT2D eigenvalue weighted by atomic mass is 10.1. The molecule has 0 spiro atoms. The van der Waals surface area contributed by atoms with Crippen LogP contribution in [0, 0.1) is 6.92 Å². The number of hydrogen-bond donors (Lipinski definition) is 1. The van der Waals surface area contributed by atoms with Crippen molar-refractivity contribution < 1.29 is 0 Å². The molecule has 0 unspecified atom stereocenters. The second-order valence-corrected chi connectivity index (χ2v) is 4.58. The fourth-order valence-electron chi connectivity index (χ4n) is 2.37. The maximum absolute atomic E-state index is 5.87. The van der Waals surface area contributed by atoms with Crippen LogP contribution in [0.5, 0.6) is 0 Å². The SMILES string of the molecule is Cc1ccc(-c2c(CN)cc3ccccn23)cc1. The van der Waals surface area contributed by atoms with Crippen LogP contribution in [-0.2, 0) is 6.54 Å². The predicted molar refractivity (Wildman–Crippen MR) is 75.5 cm³/mol. The number of pyridine rings is 1. The lowest BCUT2D eigenvalue weighted by Gasteiger charge is -2.06. The average molecular weight is 236 g/mol. The van der Waals surface area contributed by atoms with Crippen LogP contribution in [-0.4, -0.2) is 4.40 Å². The van der Waals surface area contributed by atoms with Gasteiger partial charge in [-0.2, -0.15) is 0 Å². The molecule has 2 nitrogen and oxygen atoms in total. The number of nitrogens with zero attached hydrogens (tertiary/aromatic N) is 1. The summed E-state index contributed by atoms with van der Waals surface area (Å²) < 4.78 is 2.20. The van der Waals surface area contributed by atoms with Crippen LogP contribution in [0.15, 0.2) is 54.7 Å². The van der Waals surface area contributed by atoms with Crippen molar-refractivity contribution in [3.8, 4) is 11.3 Å². The van der Waals surface area contributed by atoms with Crippen molar-refractivity contribution in [3.63, 3.8) is 0 Å². The molecule has 90 valence electrons. The molecule has 3 aromatic rings. The van der Waals surface area contributed by atoms with Gasteiger partial charge in [0.05, 0.1) is 5.69 Å². The highest BCUT2D eigenvalue weighted by Gasteiger charge is 2.10. The molecule has 0 aliphatic heterocycles. The van der Waals surface area contributed by atoms with Crippen LogP contribution in [0.3, 0.4) is 0 Å². The molecule has 1 aromatic carbocycles.